The molecule has 16 heavy (non-hydrogen) atoms. The second kappa shape index (κ2) is 3.34. The van der Waals surface area contributed by atoms with Crippen molar-refractivity contribution in [1.29, 1.82) is 0 Å². The van der Waals surface area contributed by atoms with Crippen LogP contribution < -0.4 is 11.1 Å². The van der Waals surface area contributed by atoms with Crippen molar-refractivity contribution in [2.75, 3.05) is 0 Å². The van der Waals surface area contributed by atoms with E-state index in [0.717, 1.165) is 0 Å². The summed E-state index contributed by atoms with van der Waals surface area (Å²) >= 11 is 0. The van der Waals surface area contributed by atoms with Crippen molar-refractivity contribution < 1.29 is 9.90 Å². The van der Waals surface area contributed by atoms with Gasteiger partial charge in [-0.2, -0.15) is 0 Å². The molecule has 0 radical (unpaired) electrons. The number of aromatic amines is 1. The summed E-state index contributed by atoms with van der Waals surface area (Å²) in [5.74, 6) is -1.09. The number of aromatic nitrogens is 2. The topological polar surface area (TPSA) is 92.2 Å². The van der Waals surface area contributed by atoms with Crippen molar-refractivity contribution in [3.63, 3.8) is 0 Å². The van der Waals surface area contributed by atoms with Gasteiger partial charge in [-0.25, -0.2) is 4.79 Å². The maximum Gasteiger partial charge on any atom is 0.335 e. The van der Waals surface area contributed by atoms with E-state index in [1.54, 1.807) is 0 Å². The van der Waals surface area contributed by atoms with Gasteiger partial charge >= 0.3 is 17.1 Å². The Bertz CT molecular complexity index is 696. The molecule has 0 bridgehead atoms. The summed E-state index contributed by atoms with van der Waals surface area (Å²) < 4.78 is 1.18. The zero-order chi connectivity index (χ0) is 11.9. The summed E-state index contributed by atoms with van der Waals surface area (Å²) in [6.07, 6.45) is 0. The van der Waals surface area contributed by atoms with Gasteiger partial charge in [0.15, 0.2) is 0 Å². The van der Waals surface area contributed by atoms with Gasteiger partial charge in [-0.15, -0.1) is 0 Å². The van der Waals surface area contributed by atoms with E-state index >= 15 is 0 Å². The van der Waals surface area contributed by atoms with Crippen LogP contribution in [0.15, 0.2) is 27.8 Å². The number of benzene rings is 1. The number of nitrogens with one attached hydrogen (secondary N) is 1. The first-order valence-corrected chi connectivity index (χ1v) is 4.47. The highest BCUT2D eigenvalue weighted by Gasteiger charge is 2.07. The molecule has 2 N–H and O–H groups in total. The normalized spacial score (nSPS) is 10.6. The highest BCUT2D eigenvalue weighted by Crippen LogP contribution is 2.10. The maximum absolute atomic E-state index is 11.3. The number of aryl methyl sites for hydroxylation is 1. The minimum atomic E-state index is -1.09. The predicted molar refractivity (Wildman–Crippen MR) is 56.8 cm³/mol. The third-order valence-electron chi connectivity index (χ3n) is 2.35. The summed E-state index contributed by atoms with van der Waals surface area (Å²) in [6, 6.07) is 4.18. The lowest BCUT2D eigenvalue weighted by Crippen LogP contribution is -2.34. The van der Waals surface area contributed by atoms with Gasteiger partial charge in [0, 0.05) is 7.05 Å². The lowest BCUT2D eigenvalue weighted by Gasteiger charge is -2.04. The van der Waals surface area contributed by atoms with E-state index in [0.29, 0.717) is 11.0 Å². The van der Waals surface area contributed by atoms with Crippen LogP contribution in [0.4, 0.5) is 0 Å². The molecule has 1 aromatic heterocycles. The number of carboxylic acids is 1. The molecule has 0 aliphatic rings. The van der Waals surface area contributed by atoms with Gasteiger partial charge in [0.25, 0.3) is 0 Å². The molecule has 6 heteroatoms. The van der Waals surface area contributed by atoms with Crippen molar-refractivity contribution in [3.8, 4) is 0 Å². The van der Waals surface area contributed by atoms with E-state index in [9.17, 15) is 14.4 Å². The number of hydrogen-bond acceptors (Lipinski definition) is 3. The molecule has 0 saturated heterocycles. The second-order valence-electron chi connectivity index (χ2n) is 3.36. The van der Waals surface area contributed by atoms with Crippen LogP contribution >= 0.6 is 0 Å². The molecule has 82 valence electrons. The smallest absolute Gasteiger partial charge is 0.335 e. The monoisotopic (exact) mass is 220 g/mol. The van der Waals surface area contributed by atoms with Crippen LogP contribution in [0.5, 0.6) is 0 Å². The van der Waals surface area contributed by atoms with Crippen LogP contribution in [-0.4, -0.2) is 20.6 Å². The molecular formula is C10H8N2O4. The fourth-order valence-electron chi connectivity index (χ4n) is 1.50. The van der Waals surface area contributed by atoms with Crippen LogP contribution in [0.3, 0.4) is 0 Å². The fourth-order valence-corrected chi connectivity index (χ4v) is 1.50. The molecule has 1 aromatic carbocycles. The molecule has 1 heterocycles. The number of fused-ring (bicyclic) bond motifs is 1. The molecule has 6 nitrogen and oxygen atoms in total. The second-order valence-corrected chi connectivity index (χ2v) is 3.36. The molecule has 0 aliphatic heterocycles. The number of carbonyl (C=O) groups is 1. The van der Waals surface area contributed by atoms with Crippen LogP contribution in [0.25, 0.3) is 11.0 Å². The molecule has 0 spiro atoms. The molecule has 0 atom stereocenters. The number of rotatable bonds is 1. The molecule has 2 rings (SSSR count). The summed E-state index contributed by atoms with van der Waals surface area (Å²) in [7, 11) is 1.46. The first-order valence-electron chi connectivity index (χ1n) is 4.47. The summed E-state index contributed by atoms with van der Waals surface area (Å²) in [6.45, 7) is 0. The third-order valence-corrected chi connectivity index (χ3v) is 2.35. The Labute approximate surface area is 88.8 Å². The Kier molecular flexibility index (Phi) is 2.12. The first-order chi connectivity index (χ1) is 7.50. The average Bonchev–Trinajstić information content (AvgIpc) is 2.25. The zero-order valence-electron chi connectivity index (χ0n) is 8.35. The minimum Gasteiger partial charge on any atom is -0.478 e. The Morgan fingerprint density at radius 2 is 2.06 bits per heavy atom. The van der Waals surface area contributed by atoms with Crippen molar-refractivity contribution in [1.82, 2.24) is 9.55 Å². The molecule has 0 fully saturated rings. The van der Waals surface area contributed by atoms with Crippen LogP contribution in [-0.2, 0) is 7.05 Å². The molecule has 2 aromatic rings. The van der Waals surface area contributed by atoms with Gasteiger partial charge in [-0.3, -0.25) is 9.59 Å². The van der Waals surface area contributed by atoms with E-state index in [4.69, 9.17) is 5.11 Å². The molecule has 0 saturated carbocycles. The van der Waals surface area contributed by atoms with Gasteiger partial charge in [0.2, 0.25) is 0 Å². The van der Waals surface area contributed by atoms with Crippen LogP contribution in [0, 0.1) is 0 Å². The van der Waals surface area contributed by atoms with Crippen molar-refractivity contribution in [2.24, 2.45) is 7.05 Å². The van der Waals surface area contributed by atoms with Crippen molar-refractivity contribution >= 4 is 17.0 Å². The van der Waals surface area contributed by atoms with E-state index in [1.807, 2.05) is 0 Å². The van der Waals surface area contributed by atoms with E-state index < -0.39 is 17.1 Å². The quantitative estimate of drug-likeness (QED) is 0.658. The maximum atomic E-state index is 11.3. The molecule has 0 unspecified atom stereocenters. The van der Waals surface area contributed by atoms with E-state index in [1.165, 1.54) is 29.8 Å². The van der Waals surface area contributed by atoms with Gasteiger partial charge in [0.05, 0.1) is 16.6 Å². The lowest BCUT2D eigenvalue weighted by molar-refractivity contribution is 0.0697. The van der Waals surface area contributed by atoms with Crippen LogP contribution in [0.2, 0.25) is 0 Å². The van der Waals surface area contributed by atoms with Crippen LogP contribution in [0.1, 0.15) is 10.4 Å². The van der Waals surface area contributed by atoms with Gasteiger partial charge in [-0.1, -0.05) is 0 Å². The number of hydrogen-bond donors (Lipinski definition) is 2. The summed E-state index contributed by atoms with van der Waals surface area (Å²) in [5, 5.41) is 8.78. The lowest BCUT2D eigenvalue weighted by atomic mass is 10.2. The van der Waals surface area contributed by atoms with Gasteiger partial charge in [0.1, 0.15) is 0 Å². The number of carboxylic acid groups (broad SMARTS) is 1. The largest absolute Gasteiger partial charge is 0.478 e. The molecule has 0 amide bonds. The third kappa shape index (κ3) is 1.40. The average molecular weight is 220 g/mol. The first kappa shape index (κ1) is 10.2. The van der Waals surface area contributed by atoms with Gasteiger partial charge in [-0.05, 0) is 18.2 Å². The molecule has 0 aliphatic carbocycles. The van der Waals surface area contributed by atoms with Crippen molar-refractivity contribution in [2.45, 2.75) is 0 Å². The minimum absolute atomic E-state index is 0.0572. The Morgan fingerprint density at radius 1 is 1.38 bits per heavy atom. The van der Waals surface area contributed by atoms with E-state index in [2.05, 4.69) is 4.98 Å². The number of aromatic carboxylic acids is 1. The Hall–Kier alpha value is -2.37. The zero-order valence-corrected chi connectivity index (χ0v) is 8.35. The number of nitrogens with zero attached hydrogens (tertiary/aromatic N) is 1. The predicted octanol–water partition coefficient (Wildman–Crippen LogP) is -0.0750. The Morgan fingerprint density at radius 3 is 2.69 bits per heavy atom. The Balaban J connectivity index is 2.92. The molecular weight excluding hydrogens is 212 g/mol. The fraction of sp³-hybridized carbons (Fsp3) is 0.100. The highest BCUT2D eigenvalue weighted by molar-refractivity contribution is 5.92. The summed E-state index contributed by atoms with van der Waals surface area (Å²) in [4.78, 5) is 35.6. The standard InChI is InChI=1S/C10H8N2O4/c1-12-7-3-2-5(10(15)16)4-6(7)11-8(13)9(12)14/h2-4H,1H3,(H,11,13)(H,15,16). The van der Waals surface area contributed by atoms with E-state index in [-0.39, 0.29) is 5.56 Å². The highest BCUT2D eigenvalue weighted by atomic mass is 16.4. The number of H-pyrrole nitrogens is 1. The SMILES string of the molecule is Cn1c(=O)c(=O)[nH]c2cc(C(=O)O)ccc21. The van der Waals surface area contributed by atoms with Crippen molar-refractivity contribution in [3.05, 3.63) is 44.5 Å². The summed E-state index contributed by atoms with van der Waals surface area (Å²) in [5.41, 5.74) is -0.573. The van der Waals surface area contributed by atoms with Gasteiger partial charge < -0.3 is 14.7 Å².